The van der Waals surface area contributed by atoms with Crippen LogP contribution in [0.4, 0.5) is 5.69 Å². The molecule has 0 aliphatic carbocycles. The molecule has 15 heavy (non-hydrogen) atoms. The van der Waals surface area contributed by atoms with Gasteiger partial charge in [0.25, 0.3) is 0 Å². The van der Waals surface area contributed by atoms with E-state index in [1.165, 1.54) is 11.3 Å². The van der Waals surface area contributed by atoms with Crippen LogP contribution in [0.2, 0.25) is 0 Å². The van der Waals surface area contributed by atoms with Crippen LogP contribution in [0.3, 0.4) is 0 Å². The maximum absolute atomic E-state index is 5.25. The summed E-state index contributed by atoms with van der Waals surface area (Å²) in [6, 6.07) is 8.65. The highest BCUT2D eigenvalue weighted by Gasteiger charge is 2.02. The summed E-state index contributed by atoms with van der Waals surface area (Å²) in [4.78, 5) is 2.36. The molecule has 0 bridgehead atoms. The van der Waals surface area contributed by atoms with Crippen molar-refractivity contribution in [1.82, 2.24) is 0 Å². The number of benzene rings is 1. The van der Waals surface area contributed by atoms with Gasteiger partial charge in [-0.1, -0.05) is 17.7 Å². The minimum atomic E-state index is 0.863. The third kappa shape index (κ3) is 3.67. The van der Waals surface area contributed by atoms with E-state index in [-0.39, 0.29) is 0 Å². The highest BCUT2D eigenvalue weighted by Crippen LogP contribution is 2.15. The molecule has 0 aliphatic heterocycles. The Balaban J connectivity index is 2.58. The van der Waals surface area contributed by atoms with Gasteiger partial charge >= 0.3 is 0 Å². The first-order valence-corrected chi connectivity index (χ1v) is 5.53. The van der Waals surface area contributed by atoms with Crippen LogP contribution in [0.15, 0.2) is 24.3 Å². The highest BCUT2D eigenvalue weighted by atomic mass is 15.1. The molecule has 0 N–H and O–H groups in total. The summed E-state index contributed by atoms with van der Waals surface area (Å²) < 4.78 is 0. The molecule has 1 aromatic carbocycles. The van der Waals surface area contributed by atoms with Crippen LogP contribution in [0.25, 0.3) is 0 Å². The van der Waals surface area contributed by atoms with Gasteiger partial charge in [-0.05, 0) is 32.4 Å². The van der Waals surface area contributed by atoms with Crippen LogP contribution < -0.4 is 4.90 Å². The van der Waals surface area contributed by atoms with Crippen molar-refractivity contribution < 1.29 is 0 Å². The fraction of sp³-hybridized carbons (Fsp3) is 0.429. The number of aryl methyl sites for hydroxylation is 1. The third-order valence-electron chi connectivity index (χ3n) is 2.53. The first kappa shape index (κ1) is 11.7. The standard InChI is InChI=1S/C14H19N/c1-4-6-7-12-15(5-2)14-10-8-13(3)9-11-14/h1,8-11H,5-7,12H2,2-3H3. The Morgan fingerprint density at radius 1 is 1.27 bits per heavy atom. The second kappa shape index (κ2) is 6.14. The number of anilines is 1. The molecule has 0 fully saturated rings. The van der Waals surface area contributed by atoms with Crippen molar-refractivity contribution in [1.29, 1.82) is 0 Å². The molecule has 0 aliphatic rings. The third-order valence-corrected chi connectivity index (χ3v) is 2.53. The summed E-state index contributed by atoms with van der Waals surface area (Å²) >= 11 is 0. The van der Waals surface area contributed by atoms with Crippen LogP contribution in [-0.4, -0.2) is 13.1 Å². The number of hydrogen-bond donors (Lipinski definition) is 0. The van der Waals surface area contributed by atoms with E-state index in [1.54, 1.807) is 0 Å². The molecule has 0 unspecified atom stereocenters. The second-order valence-electron chi connectivity index (χ2n) is 3.72. The highest BCUT2D eigenvalue weighted by molar-refractivity contribution is 5.47. The molecule has 0 aromatic heterocycles. The van der Waals surface area contributed by atoms with Gasteiger partial charge in [0.15, 0.2) is 0 Å². The van der Waals surface area contributed by atoms with Crippen molar-refractivity contribution in [3.8, 4) is 12.3 Å². The molecular weight excluding hydrogens is 182 g/mol. The molecule has 80 valence electrons. The Hall–Kier alpha value is -1.42. The van der Waals surface area contributed by atoms with Gasteiger partial charge in [-0.3, -0.25) is 0 Å². The number of unbranched alkanes of at least 4 members (excludes halogenated alkanes) is 1. The topological polar surface area (TPSA) is 3.24 Å². The minimum Gasteiger partial charge on any atom is -0.372 e. The van der Waals surface area contributed by atoms with Gasteiger partial charge in [-0.15, -0.1) is 12.3 Å². The molecule has 0 atom stereocenters. The van der Waals surface area contributed by atoms with Crippen LogP contribution >= 0.6 is 0 Å². The first-order chi connectivity index (χ1) is 7.27. The van der Waals surface area contributed by atoms with Gasteiger partial charge in [0.05, 0.1) is 0 Å². The van der Waals surface area contributed by atoms with Crippen molar-refractivity contribution in [3.63, 3.8) is 0 Å². The Morgan fingerprint density at radius 3 is 2.47 bits per heavy atom. The Kier molecular flexibility index (Phi) is 4.77. The summed E-state index contributed by atoms with van der Waals surface area (Å²) in [6.07, 6.45) is 7.18. The zero-order valence-corrected chi connectivity index (χ0v) is 9.66. The van der Waals surface area contributed by atoms with E-state index < -0.39 is 0 Å². The van der Waals surface area contributed by atoms with Crippen molar-refractivity contribution in [3.05, 3.63) is 29.8 Å². The molecule has 0 spiro atoms. The molecule has 0 amide bonds. The zero-order chi connectivity index (χ0) is 11.1. The molecule has 1 nitrogen and oxygen atoms in total. The SMILES string of the molecule is C#CCCCN(CC)c1ccc(C)cc1. The van der Waals surface area contributed by atoms with Gasteiger partial charge in [-0.25, -0.2) is 0 Å². The van der Waals surface area contributed by atoms with Gasteiger partial charge in [0, 0.05) is 25.2 Å². The Morgan fingerprint density at radius 2 is 1.93 bits per heavy atom. The summed E-state index contributed by atoms with van der Waals surface area (Å²) in [5.74, 6) is 2.68. The first-order valence-electron chi connectivity index (χ1n) is 5.53. The molecule has 0 saturated heterocycles. The fourth-order valence-corrected chi connectivity index (χ4v) is 1.60. The largest absolute Gasteiger partial charge is 0.372 e. The number of rotatable bonds is 5. The predicted molar refractivity (Wildman–Crippen MR) is 67.1 cm³/mol. The second-order valence-corrected chi connectivity index (χ2v) is 3.72. The van der Waals surface area contributed by atoms with Crippen LogP contribution in [0.5, 0.6) is 0 Å². The van der Waals surface area contributed by atoms with E-state index in [0.717, 1.165) is 25.9 Å². The molecule has 0 saturated carbocycles. The van der Waals surface area contributed by atoms with E-state index in [2.05, 4.69) is 48.9 Å². The quantitative estimate of drug-likeness (QED) is 0.522. The maximum Gasteiger partial charge on any atom is 0.0366 e. The van der Waals surface area contributed by atoms with Crippen molar-refractivity contribution in [2.75, 3.05) is 18.0 Å². The van der Waals surface area contributed by atoms with Crippen LogP contribution in [-0.2, 0) is 0 Å². The molecule has 1 aromatic rings. The van der Waals surface area contributed by atoms with Crippen molar-refractivity contribution in [2.24, 2.45) is 0 Å². The van der Waals surface area contributed by atoms with E-state index in [9.17, 15) is 0 Å². The lowest BCUT2D eigenvalue weighted by atomic mass is 10.2. The number of terminal acetylenes is 1. The zero-order valence-electron chi connectivity index (χ0n) is 9.66. The van der Waals surface area contributed by atoms with E-state index in [1.807, 2.05) is 0 Å². The predicted octanol–water partition coefficient (Wildman–Crippen LogP) is 3.23. The Bertz CT molecular complexity index is 318. The van der Waals surface area contributed by atoms with Gasteiger partial charge in [-0.2, -0.15) is 0 Å². The Labute approximate surface area is 93.1 Å². The lowest BCUT2D eigenvalue weighted by Crippen LogP contribution is -2.23. The molecule has 0 radical (unpaired) electrons. The van der Waals surface area contributed by atoms with E-state index in [0.29, 0.717) is 0 Å². The van der Waals surface area contributed by atoms with Crippen molar-refractivity contribution in [2.45, 2.75) is 26.7 Å². The lowest BCUT2D eigenvalue weighted by molar-refractivity contribution is 0.764. The van der Waals surface area contributed by atoms with E-state index in [4.69, 9.17) is 6.42 Å². The minimum absolute atomic E-state index is 0.863. The lowest BCUT2D eigenvalue weighted by Gasteiger charge is -2.22. The van der Waals surface area contributed by atoms with Gasteiger partial charge in [0.2, 0.25) is 0 Å². The summed E-state index contributed by atoms with van der Waals surface area (Å²) in [7, 11) is 0. The molecular formula is C14H19N. The number of hydrogen-bond acceptors (Lipinski definition) is 1. The number of nitrogens with zero attached hydrogens (tertiary/aromatic N) is 1. The van der Waals surface area contributed by atoms with Gasteiger partial charge in [0.1, 0.15) is 0 Å². The smallest absolute Gasteiger partial charge is 0.0366 e. The monoisotopic (exact) mass is 201 g/mol. The van der Waals surface area contributed by atoms with Crippen LogP contribution in [0, 0.1) is 19.3 Å². The summed E-state index contributed by atoms with van der Waals surface area (Å²) in [5, 5.41) is 0. The van der Waals surface area contributed by atoms with E-state index >= 15 is 0 Å². The van der Waals surface area contributed by atoms with Crippen molar-refractivity contribution >= 4 is 5.69 Å². The molecule has 1 rings (SSSR count). The van der Waals surface area contributed by atoms with Gasteiger partial charge < -0.3 is 4.90 Å². The normalized spacial score (nSPS) is 9.67. The fourth-order valence-electron chi connectivity index (χ4n) is 1.60. The average Bonchev–Trinajstić information content (AvgIpc) is 2.26. The van der Waals surface area contributed by atoms with Crippen LogP contribution in [0.1, 0.15) is 25.3 Å². The molecule has 1 heteroatoms. The summed E-state index contributed by atoms with van der Waals surface area (Å²) in [5.41, 5.74) is 2.60. The average molecular weight is 201 g/mol. The molecule has 0 heterocycles. The summed E-state index contributed by atoms with van der Waals surface area (Å²) in [6.45, 7) is 6.37. The maximum atomic E-state index is 5.25.